The Labute approximate surface area is 118 Å². The highest BCUT2D eigenvalue weighted by molar-refractivity contribution is 5.29. The van der Waals surface area contributed by atoms with E-state index in [1.807, 2.05) is 0 Å². The van der Waals surface area contributed by atoms with Gasteiger partial charge in [-0.25, -0.2) is 0 Å². The van der Waals surface area contributed by atoms with Gasteiger partial charge in [-0.3, -0.25) is 0 Å². The Hall–Kier alpha value is -0.820. The quantitative estimate of drug-likeness (QED) is 0.825. The third kappa shape index (κ3) is 3.39. The third-order valence-corrected chi connectivity index (χ3v) is 5.07. The molecule has 0 aliphatic heterocycles. The van der Waals surface area contributed by atoms with Gasteiger partial charge in [0.25, 0.3) is 0 Å². The number of aryl methyl sites for hydroxylation is 1. The van der Waals surface area contributed by atoms with Crippen LogP contribution in [0.5, 0.6) is 0 Å². The second-order valence-electron chi connectivity index (χ2n) is 6.54. The van der Waals surface area contributed by atoms with Gasteiger partial charge in [0.15, 0.2) is 0 Å². The smallest absolute Gasteiger partial charge is 0.0348 e. The Balaban J connectivity index is 2.06. The lowest BCUT2D eigenvalue weighted by Crippen LogP contribution is -2.30. The fourth-order valence-corrected chi connectivity index (χ4v) is 3.73. The average Bonchev–Trinajstić information content (AvgIpc) is 2.42. The van der Waals surface area contributed by atoms with E-state index in [4.69, 9.17) is 0 Å². The molecule has 0 amide bonds. The zero-order valence-corrected chi connectivity index (χ0v) is 12.9. The molecule has 1 aliphatic rings. The lowest BCUT2D eigenvalue weighted by molar-refractivity contribution is 0.192. The minimum Gasteiger partial charge on any atom is -0.313 e. The van der Waals surface area contributed by atoms with Crippen LogP contribution in [-0.2, 0) is 0 Å². The molecule has 106 valence electrons. The molecule has 19 heavy (non-hydrogen) atoms. The van der Waals surface area contributed by atoms with Crippen molar-refractivity contribution < 1.29 is 0 Å². The molecule has 0 spiro atoms. The SMILES string of the molecule is CNC(c1ccccc1C)C1CCC(C(C)C)CC1. The highest BCUT2D eigenvalue weighted by Gasteiger charge is 2.29. The van der Waals surface area contributed by atoms with Crippen LogP contribution < -0.4 is 5.32 Å². The van der Waals surface area contributed by atoms with Crippen molar-refractivity contribution in [2.24, 2.45) is 17.8 Å². The molecule has 1 heteroatoms. The van der Waals surface area contributed by atoms with Crippen molar-refractivity contribution in [3.05, 3.63) is 35.4 Å². The van der Waals surface area contributed by atoms with Gasteiger partial charge in [0, 0.05) is 6.04 Å². The second kappa shape index (κ2) is 6.56. The molecule has 1 saturated carbocycles. The molecule has 1 unspecified atom stereocenters. The maximum Gasteiger partial charge on any atom is 0.0348 e. The van der Waals surface area contributed by atoms with Gasteiger partial charge in [-0.1, -0.05) is 38.1 Å². The highest BCUT2D eigenvalue weighted by Crippen LogP contribution is 2.39. The lowest BCUT2D eigenvalue weighted by atomic mass is 9.73. The normalized spacial score (nSPS) is 25.5. The van der Waals surface area contributed by atoms with Gasteiger partial charge in [0.1, 0.15) is 0 Å². The summed E-state index contributed by atoms with van der Waals surface area (Å²) in [5, 5.41) is 3.57. The van der Waals surface area contributed by atoms with E-state index in [-0.39, 0.29) is 0 Å². The predicted octanol–water partition coefficient (Wildman–Crippen LogP) is 4.72. The summed E-state index contributed by atoms with van der Waals surface area (Å²) in [6.07, 6.45) is 5.57. The number of rotatable bonds is 4. The fourth-order valence-electron chi connectivity index (χ4n) is 3.73. The molecule has 1 aromatic rings. The summed E-state index contributed by atoms with van der Waals surface area (Å²) in [7, 11) is 2.12. The van der Waals surface area contributed by atoms with Crippen LogP contribution in [0.1, 0.15) is 56.7 Å². The summed E-state index contributed by atoms with van der Waals surface area (Å²) >= 11 is 0. The molecule has 0 saturated heterocycles. The Morgan fingerprint density at radius 1 is 1.00 bits per heavy atom. The monoisotopic (exact) mass is 259 g/mol. The third-order valence-electron chi connectivity index (χ3n) is 5.07. The van der Waals surface area contributed by atoms with Gasteiger partial charge < -0.3 is 5.32 Å². The minimum atomic E-state index is 0.536. The molecular formula is C18H29N. The van der Waals surface area contributed by atoms with E-state index in [9.17, 15) is 0 Å². The van der Waals surface area contributed by atoms with E-state index < -0.39 is 0 Å². The van der Waals surface area contributed by atoms with E-state index in [1.54, 1.807) is 0 Å². The van der Waals surface area contributed by atoms with Gasteiger partial charge >= 0.3 is 0 Å². The first-order chi connectivity index (χ1) is 9.13. The Morgan fingerprint density at radius 2 is 1.58 bits per heavy atom. The Morgan fingerprint density at radius 3 is 2.11 bits per heavy atom. The molecule has 0 bridgehead atoms. The summed E-state index contributed by atoms with van der Waals surface area (Å²) < 4.78 is 0. The van der Waals surface area contributed by atoms with Crippen LogP contribution >= 0.6 is 0 Å². The lowest BCUT2D eigenvalue weighted by Gasteiger charge is -2.36. The first-order valence-corrected chi connectivity index (χ1v) is 7.86. The molecule has 0 heterocycles. The maximum atomic E-state index is 3.57. The molecule has 1 atom stereocenters. The minimum absolute atomic E-state index is 0.536. The van der Waals surface area contributed by atoms with Crippen LogP contribution in [-0.4, -0.2) is 7.05 Å². The largest absolute Gasteiger partial charge is 0.313 e. The number of nitrogens with one attached hydrogen (secondary N) is 1. The summed E-state index contributed by atoms with van der Waals surface area (Å²) in [5.74, 6) is 2.61. The number of hydrogen-bond acceptors (Lipinski definition) is 1. The fraction of sp³-hybridized carbons (Fsp3) is 0.667. The van der Waals surface area contributed by atoms with E-state index in [2.05, 4.69) is 57.4 Å². The van der Waals surface area contributed by atoms with Gasteiger partial charge in [0.05, 0.1) is 0 Å². The highest BCUT2D eigenvalue weighted by atomic mass is 14.9. The second-order valence-corrected chi connectivity index (χ2v) is 6.54. The van der Waals surface area contributed by atoms with Crippen LogP contribution in [0.25, 0.3) is 0 Å². The molecular weight excluding hydrogens is 230 g/mol. The van der Waals surface area contributed by atoms with E-state index in [0.29, 0.717) is 6.04 Å². The average molecular weight is 259 g/mol. The molecule has 1 aromatic carbocycles. The standard InChI is InChI=1S/C18H29N/c1-13(2)15-9-11-16(12-10-15)18(19-4)17-8-6-5-7-14(17)3/h5-8,13,15-16,18-19H,9-12H2,1-4H3. The van der Waals surface area contributed by atoms with Crippen molar-refractivity contribution in [2.75, 3.05) is 7.05 Å². The molecule has 0 radical (unpaired) electrons. The zero-order valence-electron chi connectivity index (χ0n) is 12.9. The molecule has 1 aliphatic carbocycles. The van der Waals surface area contributed by atoms with E-state index >= 15 is 0 Å². The van der Waals surface area contributed by atoms with Gasteiger partial charge in [-0.05, 0) is 68.5 Å². The first kappa shape index (κ1) is 14.6. The van der Waals surface area contributed by atoms with Crippen molar-refractivity contribution in [3.8, 4) is 0 Å². The van der Waals surface area contributed by atoms with Crippen molar-refractivity contribution in [2.45, 2.75) is 52.5 Å². The van der Waals surface area contributed by atoms with Crippen molar-refractivity contribution >= 4 is 0 Å². The molecule has 0 aromatic heterocycles. The zero-order chi connectivity index (χ0) is 13.8. The first-order valence-electron chi connectivity index (χ1n) is 7.86. The van der Waals surface area contributed by atoms with Gasteiger partial charge in [-0.2, -0.15) is 0 Å². The van der Waals surface area contributed by atoms with Crippen LogP contribution in [0.2, 0.25) is 0 Å². The van der Waals surface area contributed by atoms with Crippen LogP contribution in [0, 0.1) is 24.7 Å². The molecule has 2 rings (SSSR count). The number of hydrogen-bond donors (Lipinski definition) is 1. The molecule has 1 fully saturated rings. The van der Waals surface area contributed by atoms with Crippen molar-refractivity contribution in [1.29, 1.82) is 0 Å². The van der Waals surface area contributed by atoms with Gasteiger partial charge in [-0.15, -0.1) is 0 Å². The number of benzene rings is 1. The van der Waals surface area contributed by atoms with E-state index in [0.717, 1.165) is 17.8 Å². The topological polar surface area (TPSA) is 12.0 Å². The Kier molecular flexibility index (Phi) is 5.04. The predicted molar refractivity (Wildman–Crippen MR) is 83.3 cm³/mol. The van der Waals surface area contributed by atoms with Gasteiger partial charge in [0.2, 0.25) is 0 Å². The van der Waals surface area contributed by atoms with Crippen molar-refractivity contribution in [1.82, 2.24) is 5.32 Å². The van der Waals surface area contributed by atoms with Crippen LogP contribution in [0.15, 0.2) is 24.3 Å². The van der Waals surface area contributed by atoms with E-state index in [1.165, 1.54) is 36.8 Å². The maximum absolute atomic E-state index is 3.57. The van der Waals surface area contributed by atoms with Crippen molar-refractivity contribution in [3.63, 3.8) is 0 Å². The molecule has 1 nitrogen and oxygen atoms in total. The summed E-state index contributed by atoms with van der Waals surface area (Å²) in [6, 6.07) is 9.38. The summed E-state index contributed by atoms with van der Waals surface area (Å²) in [5.41, 5.74) is 2.92. The Bertz CT molecular complexity index is 388. The summed E-state index contributed by atoms with van der Waals surface area (Å²) in [4.78, 5) is 0. The van der Waals surface area contributed by atoms with Crippen LogP contribution in [0.3, 0.4) is 0 Å². The summed E-state index contributed by atoms with van der Waals surface area (Å²) in [6.45, 7) is 6.99. The van der Waals surface area contributed by atoms with Crippen LogP contribution in [0.4, 0.5) is 0 Å². The molecule has 1 N–H and O–H groups in total.